The van der Waals surface area contributed by atoms with E-state index >= 15 is 0 Å². The molecule has 0 bridgehead atoms. The van der Waals surface area contributed by atoms with E-state index < -0.39 is 10.0 Å². The van der Waals surface area contributed by atoms with E-state index in [0.29, 0.717) is 11.4 Å². The van der Waals surface area contributed by atoms with E-state index in [4.69, 9.17) is 4.42 Å². The van der Waals surface area contributed by atoms with Gasteiger partial charge in [0.2, 0.25) is 0 Å². The molecule has 0 aliphatic heterocycles. The van der Waals surface area contributed by atoms with Gasteiger partial charge in [0.25, 0.3) is 15.9 Å². The fourth-order valence-electron chi connectivity index (χ4n) is 2.62. The molecule has 6 nitrogen and oxygen atoms in total. The number of hydrogen-bond acceptors (Lipinski definition) is 4. The number of furan rings is 1. The van der Waals surface area contributed by atoms with E-state index in [2.05, 4.69) is 5.32 Å². The van der Waals surface area contributed by atoms with Crippen LogP contribution in [0.4, 0.5) is 5.69 Å². The molecule has 1 N–H and O–H groups in total. The van der Waals surface area contributed by atoms with E-state index in [1.54, 1.807) is 55.5 Å². The summed E-state index contributed by atoms with van der Waals surface area (Å²) < 4.78 is 32.3. The van der Waals surface area contributed by atoms with Gasteiger partial charge < -0.3 is 9.73 Å². The van der Waals surface area contributed by atoms with Crippen molar-refractivity contribution in [3.63, 3.8) is 0 Å². The lowest BCUT2D eigenvalue weighted by molar-refractivity contribution is 0.0935. The Labute approximate surface area is 158 Å². The molecular formula is C20H20N2O4S. The molecule has 0 radical (unpaired) electrons. The highest BCUT2D eigenvalue weighted by Crippen LogP contribution is 2.22. The Hall–Kier alpha value is -3.06. The minimum atomic E-state index is -3.78. The predicted octanol–water partition coefficient (Wildman–Crippen LogP) is 3.60. The minimum absolute atomic E-state index is 0.0483. The first kappa shape index (κ1) is 18.7. The van der Waals surface area contributed by atoms with Crippen molar-refractivity contribution in [1.29, 1.82) is 0 Å². The average molecular weight is 384 g/mol. The van der Waals surface area contributed by atoms with Crippen molar-refractivity contribution >= 4 is 21.6 Å². The van der Waals surface area contributed by atoms with Crippen LogP contribution < -0.4 is 9.62 Å². The number of anilines is 1. The van der Waals surface area contributed by atoms with Crippen LogP contribution in [0.5, 0.6) is 0 Å². The summed E-state index contributed by atoms with van der Waals surface area (Å²) >= 11 is 0. The number of nitrogens with zero attached hydrogens (tertiary/aromatic N) is 1. The molecule has 0 aliphatic rings. The molecule has 1 amide bonds. The second-order valence-corrected chi connectivity index (χ2v) is 8.02. The minimum Gasteiger partial charge on any atom is -0.467 e. The Morgan fingerprint density at radius 2 is 1.78 bits per heavy atom. The zero-order valence-corrected chi connectivity index (χ0v) is 15.8. The first-order valence-electron chi connectivity index (χ1n) is 8.38. The third-order valence-electron chi connectivity index (χ3n) is 4.19. The van der Waals surface area contributed by atoms with Crippen LogP contribution in [0.25, 0.3) is 0 Å². The summed E-state index contributed by atoms with van der Waals surface area (Å²) in [5, 5.41) is 2.80. The summed E-state index contributed by atoms with van der Waals surface area (Å²) in [6.45, 7) is 1.79. The van der Waals surface area contributed by atoms with Gasteiger partial charge in [-0.05, 0) is 49.4 Å². The van der Waals surface area contributed by atoms with Gasteiger partial charge in [-0.3, -0.25) is 9.10 Å². The number of nitrogens with one attached hydrogen (secondary N) is 1. The Morgan fingerprint density at radius 1 is 1.04 bits per heavy atom. The van der Waals surface area contributed by atoms with Crippen LogP contribution in [0.1, 0.15) is 29.1 Å². The van der Waals surface area contributed by atoms with E-state index in [9.17, 15) is 13.2 Å². The lowest BCUT2D eigenvalue weighted by atomic mass is 10.2. The van der Waals surface area contributed by atoms with Gasteiger partial charge >= 0.3 is 0 Å². The van der Waals surface area contributed by atoms with Crippen LogP contribution in [0.15, 0.2) is 82.3 Å². The van der Waals surface area contributed by atoms with Crippen LogP contribution in [0.2, 0.25) is 0 Å². The van der Waals surface area contributed by atoms with Crippen molar-refractivity contribution in [3.05, 3.63) is 84.3 Å². The maximum atomic E-state index is 12.9. The molecule has 7 heteroatoms. The number of para-hydroxylation sites is 1. The van der Waals surface area contributed by atoms with E-state index in [0.717, 1.165) is 0 Å². The number of carbonyl (C=O) groups is 1. The molecular weight excluding hydrogens is 364 g/mol. The molecule has 27 heavy (non-hydrogen) atoms. The molecule has 3 aromatic rings. The lowest BCUT2D eigenvalue weighted by Crippen LogP contribution is -2.28. The second kappa shape index (κ2) is 7.67. The number of amides is 1. The van der Waals surface area contributed by atoms with Gasteiger partial charge in [0.1, 0.15) is 5.76 Å². The quantitative estimate of drug-likeness (QED) is 0.704. The zero-order valence-electron chi connectivity index (χ0n) is 15.0. The lowest BCUT2D eigenvalue weighted by Gasteiger charge is -2.20. The smallest absolute Gasteiger partial charge is 0.264 e. The highest BCUT2D eigenvalue weighted by atomic mass is 32.2. The van der Waals surface area contributed by atoms with Crippen LogP contribution in [-0.4, -0.2) is 21.4 Å². The predicted molar refractivity (Wildman–Crippen MR) is 103 cm³/mol. The maximum absolute atomic E-state index is 12.9. The SMILES string of the molecule is C[C@@H](NC(=O)c1cccc(S(=O)(=O)N(C)c2ccccc2)c1)c1ccco1. The van der Waals surface area contributed by atoms with Gasteiger partial charge in [-0.1, -0.05) is 24.3 Å². The molecule has 0 spiro atoms. The number of benzene rings is 2. The third kappa shape index (κ3) is 4.03. The molecule has 0 aliphatic carbocycles. The summed E-state index contributed by atoms with van der Waals surface area (Å²) in [5.41, 5.74) is 0.801. The van der Waals surface area contributed by atoms with Crippen LogP contribution in [0, 0.1) is 0 Å². The van der Waals surface area contributed by atoms with Gasteiger partial charge in [0, 0.05) is 12.6 Å². The summed E-state index contributed by atoms with van der Waals surface area (Å²) in [4.78, 5) is 12.6. The molecule has 1 heterocycles. The summed E-state index contributed by atoms with van der Waals surface area (Å²) in [7, 11) is -2.30. The monoisotopic (exact) mass is 384 g/mol. The van der Waals surface area contributed by atoms with Crippen LogP contribution in [0.3, 0.4) is 0 Å². The summed E-state index contributed by atoms with van der Waals surface area (Å²) in [6, 6.07) is 17.9. The Balaban J connectivity index is 1.83. The van der Waals surface area contributed by atoms with E-state index in [1.807, 2.05) is 6.07 Å². The largest absolute Gasteiger partial charge is 0.467 e. The fraction of sp³-hybridized carbons (Fsp3) is 0.150. The third-order valence-corrected chi connectivity index (χ3v) is 5.97. The fourth-order valence-corrected chi connectivity index (χ4v) is 3.86. The number of hydrogen-bond donors (Lipinski definition) is 1. The molecule has 1 aromatic heterocycles. The van der Waals surface area contributed by atoms with Crippen molar-refractivity contribution in [3.8, 4) is 0 Å². The first-order valence-corrected chi connectivity index (χ1v) is 9.82. The van der Waals surface area contributed by atoms with Crippen molar-refractivity contribution in [1.82, 2.24) is 5.32 Å². The summed E-state index contributed by atoms with van der Waals surface area (Å²) in [6.07, 6.45) is 1.53. The molecule has 0 saturated heterocycles. The van der Waals surface area contributed by atoms with E-state index in [-0.39, 0.29) is 22.4 Å². The summed E-state index contributed by atoms with van der Waals surface area (Å²) in [5.74, 6) is 0.245. The normalized spacial score (nSPS) is 12.4. The van der Waals surface area contributed by atoms with E-state index in [1.165, 1.54) is 29.7 Å². The van der Waals surface area contributed by atoms with Crippen molar-refractivity contribution in [2.45, 2.75) is 17.9 Å². The molecule has 2 aromatic carbocycles. The number of sulfonamides is 1. The number of rotatable bonds is 6. The second-order valence-electron chi connectivity index (χ2n) is 6.05. The van der Waals surface area contributed by atoms with Crippen LogP contribution in [-0.2, 0) is 10.0 Å². The highest BCUT2D eigenvalue weighted by molar-refractivity contribution is 7.92. The van der Waals surface area contributed by atoms with Crippen molar-refractivity contribution in [2.75, 3.05) is 11.4 Å². The Bertz CT molecular complexity index is 1020. The molecule has 140 valence electrons. The van der Waals surface area contributed by atoms with Gasteiger partial charge in [-0.25, -0.2) is 8.42 Å². The van der Waals surface area contributed by atoms with Crippen molar-refractivity contribution < 1.29 is 17.6 Å². The molecule has 3 rings (SSSR count). The standard InChI is InChI=1S/C20H20N2O4S/c1-15(19-12-7-13-26-19)21-20(23)16-8-6-11-18(14-16)27(24,25)22(2)17-9-4-3-5-10-17/h3-15H,1-2H3,(H,21,23)/t15-/m1/s1. The van der Waals surface area contributed by atoms with Crippen molar-refractivity contribution in [2.24, 2.45) is 0 Å². The van der Waals surface area contributed by atoms with Gasteiger partial charge in [0.15, 0.2) is 0 Å². The average Bonchev–Trinajstić information content (AvgIpc) is 3.23. The molecule has 0 fully saturated rings. The molecule has 0 saturated carbocycles. The number of carbonyl (C=O) groups excluding carboxylic acids is 1. The van der Waals surface area contributed by atoms with Gasteiger partial charge in [-0.15, -0.1) is 0 Å². The van der Waals surface area contributed by atoms with Crippen LogP contribution >= 0.6 is 0 Å². The maximum Gasteiger partial charge on any atom is 0.264 e. The van der Waals surface area contributed by atoms with Gasteiger partial charge in [0.05, 0.1) is 22.9 Å². The first-order chi connectivity index (χ1) is 12.9. The molecule has 1 atom stereocenters. The Kier molecular flexibility index (Phi) is 5.32. The Morgan fingerprint density at radius 3 is 2.44 bits per heavy atom. The highest BCUT2D eigenvalue weighted by Gasteiger charge is 2.23. The zero-order chi connectivity index (χ0) is 19.4. The van der Waals surface area contributed by atoms with Gasteiger partial charge in [-0.2, -0.15) is 0 Å². The topological polar surface area (TPSA) is 79.6 Å². The molecule has 0 unspecified atom stereocenters.